The number of hydrogen-bond acceptors (Lipinski definition) is 6. The molecule has 0 bridgehead atoms. The highest BCUT2D eigenvalue weighted by Crippen LogP contribution is 2.36. The highest BCUT2D eigenvalue weighted by Gasteiger charge is 2.36. The van der Waals surface area contributed by atoms with E-state index in [1.807, 2.05) is 44.2 Å². The zero-order valence-electron chi connectivity index (χ0n) is 26.5. The van der Waals surface area contributed by atoms with Crippen LogP contribution in [0.1, 0.15) is 25.0 Å². The maximum absolute atomic E-state index is 14.7. The Labute approximate surface area is 286 Å². The molecule has 0 spiro atoms. The van der Waals surface area contributed by atoms with Crippen LogP contribution in [0.2, 0.25) is 10.0 Å². The van der Waals surface area contributed by atoms with Gasteiger partial charge in [0.15, 0.2) is 0 Å². The molecule has 4 rings (SSSR count). The molecule has 0 saturated carbocycles. The predicted octanol–water partition coefficient (Wildman–Crippen LogP) is 6.37. The number of anilines is 1. The number of nitrogens with one attached hydrogen (secondary N) is 1. The molecule has 4 aromatic carbocycles. The van der Waals surface area contributed by atoms with Gasteiger partial charge in [-0.1, -0.05) is 77.8 Å². The van der Waals surface area contributed by atoms with Crippen molar-refractivity contribution in [1.29, 1.82) is 0 Å². The Hall–Kier alpha value is -4.25. The van der Waals surface area contributed by atoms with Crippen molar-refractivity contribution in [3.63, 3.8) is 0 Å². The smallest absolute Gasteiger partial charge is 0.264 e. The number of sulfonamides is 1. The molecule has 0 fully saturated rings. The standard InChI is InChI=1S/C35H37Cl2N3O6S/c1-24(2)38-35(42)32(20-25-12-7-5-8-13-25)39(22-28-29(36)16-11-17-30(28)37)34(41)23-40(47(43,44)27-14-9-6-10-15-27)31-21-26(45-3)18-19-33(31)46-4/h5-19,21,24,32H,20,22-23H2,1-4H3,(H,38,42). The fourth-order valence-corrected chi connectivity index (χ4v) is 6.97. The van der Waals surface area contributed by atoms with E-state index in [1.54, 1.807) is 48.5 Å². The third-order valence-corrected chi connectivity index (χ3v) is 9.84. The van der Waals surface area contributed by atoms with Crippen LogP contribution in [0.15, 0.2) is 102 Å². The second-order valence-corrected chi connectivity index (χ2v) is 13.6. The first-order valence-corrected chi connectivity index (χ1v) is 17.0. The Balaban J connectivity index is 1.89. The average molecular weight is 699 g/mol. The summed E-state index contributed by atoms with van der Waals surface area (Å²) >= 11 is 13.1. The molecule has 0 aliphatic carbocycles. The van der Waals surface area contributed by atoms with Crippen LogP contribution in [0.5, 0.6) is 11.5 Å². The largest absolute Gasteiger partial charge is 0.497 e. The van der Waals surface area contributed by atoms with Gasteiger partial charge in [0, 0.05) is 40.7 Å². The third kappa shape index (κ3) is 8.77. The zero-order valence-corrected chi connectivity index (χ0v) is 28.9. The molecule has 1 unspecified atom stereocenters. The molecule has 0 saturated heterocycles. The third-order valence-electron chi connectivity index (χ3n) is 7.36. The SMILES string of the molecule is COc1ccc(OC)c(N(CC(=O)N(Cc2c(Cl)cccc2Cl)C(Cc2ccccc2)C(=O)NC(C)C)S(=O)(=O)c2ccccc2)c1. The molecule has 248 valence electrons. The number of ether oxygens (including phenoxy) is 2. The highest BCUT2D eigenvalue weighted by atomic mass is 35.5. The second kappa shape index (κ2) is 16.0. The number of methoxy groups -OCH3 is 2. The fraction of sp³-hybridized carbons (Fsp3) is 0.257. The number of carbonyl (C=O) groups excluding carboxylic acids is 2. The van der Waals surface area contributed by atoms with E-state index in [-0.39, 0.29) is 35.3 Å². The molecule has 2 amide bonds. The fourth-order valence-electron chi connectivity index (χ4n) is 5.01. The number of halogens is 2. The van der Waals surface area contributed by atoms with Crippen molar-refractivity contribution in [3.05, 3.63) is 118 Å². The molecular formula is C35H37Cl2N3O6S. The maximum atomic E-state index is 14.7. The van der Waals surface area contributed by atoms with Crippen molar-refractivity contribution in [1.82, 2.24) is 10.2 Å². The molecule has 0 aliphatic rings. The van der Waals surface area contributed by atoms with Crippen LogP contribution in [0.4, 0.5) is 5.69 Å². The Morgan fingerprint density at radius 3 is 2.02 bits per heavy atom. The van der Waals surface area contributed by atoms with E-state index in [1.165, 1.54) is 37.3 Å². The highest BCUT2D eigenvalue weighted by molar-refractivity contribution is 7.92. The Morgan fingerprint density at radius 2 is 1.45 bits per heavy atom. The lowest BCUT2D eigenvalue weighted by atomic mass is 10.0. The van der Waals surface area contributed by atoms with Gasteiger partial charge in [-0.05, 0) is 55.8 Å². The molecule has 0 heterocycles. The molecular weight excluding hydrogens is 661 g/mol. The predicted molar refractivity (Wildman–Crippen MR) is 185 cm³/mol. The minimum absolute atomic E-state index is 0.0447. The Kier molecular flexibility index (Phi) is 12.1. The van der Waals surface area contributed by atoms with Crippen molar-refractivity contribution in [2.24, 2.45) is 0 Å². The van der Waals surface area contributed by atoms with Crippen molar-refractivity contribution >= 4 is 50.7 Å². The van der Waals surface area contributed by atoms with E-state index >= 15 is 0 Å². The number of hydrogen-bond donors (Lipinski definition) is 1. The van der Waals surface area contributed by atoms with Crippen LogP contribution in [-0.4, -0.2) is 58.0 Å². The lowest BCUT2D eigenvalue weighted by Gasteiger charge is -2.34. The summed E-state index contributed by atoms with van der Waals surface area (Å²) in [6, 6.07) is 25.3. The lowest BCUT2D eigenvalue weighted by molar-refractivity contribution is -0.140. The van der Waals surface area contributed by atoms with Gasteiger partial charge in [0.05, 0.1) is 24.8 Å². The van der Waals surface area contributed by atoms with Gasteiger partial charge in [-0.25, -0.2) is 8.42 Å². The lowest BCUT2D eigenvalue weighted by Crippen LogP contribution is -2.54. The Bertz CT molecular complexity index is 1770. The summed E-state index contributed by atoms with van der Waals surface area (Å²) in [7, 11) is -1.51. The molecule has 47 heavy (non-hydrogen) atoms. The van der Waals surface area contributed by atoms with E-state index in [0.29, 0.717) is 21.4 Å². The summed E-state index contributed by atoms with van der Waals surface area (Å²) in [4.78, 5) is 29.9. The number of benzene rings is 4. The molecule has 4 aromatic rings. The number of rotatable bonds is 14. The minimum Gasteiger partial charge on any atom is -0.497 e. The second-order valence-electron chi connectivity index (χ2n) is 11.0. The summed E-state index contributed by atoms with van der Waals surface area (Å²) < 4.78 is 40.5. The van der Waals surface area contributed by atoms with Crippen molar-refractivity contribution in [2.75, 3.05) is 25.1 Å². The zero-order chi connectivity index (χ0) is 34.1. The molecule has 0 aromatic heterocycles. The van der Waals surface area contributed by atoms with E-state index in [2.05, 4.69) is 5.32 Å². The van der Waals surface area contributed by atoms with Gasteiger partial charge in [-0.3, -0.25) is 13.9 Å². The molecule has 1 atom stereocenters. The van der Waals surface area contributed by atoms with Gasteiger partial charge >= 0.3 is 0 Å². The average Bonchev–Trinajstić information content (AvgIpc) is 3.06. The van der Waals surface area contributed by atoms with Gasteiger partial charge < -0.3 is 19.7 Å². The molecule has 0 aliphatic heterocycles. The van der Waals surface area contributed by atoms with E-state index in [9.17, 15) is 18.0 Å². The number of amides is 2. The molecule has 1 N–H and O–H groups in total. The summed E-state index contributed by atoms with van der Waals surface area (Å²) in [6.45, 7) is 2.77. The van der Waals surface area contributed by atoms with Crippen molar-refractivity contribution in [2.45, 2.75) is 43.8 Å². The van der Waals surface area contributed by atoms with Crippen LogP contribution < -0.4 is 19.1 Å². The maximum Gasteiger partial charge on any atom is 0.264 e. The quantitative estimate of drug-likeness (QED) is 0.164. The summed E-state index contributed by atoms with van der Waals surface area (Å²) in [6.07, 6.45) is 0.140. The van der Waals surface area contributed by atoms with Gasteiger partial charge in [0.25, 0.3) is 10.0 Å². The van der Waals surface area contributed by atoms with E-state index < -0.39 is 34.4 Å². The minimum atomic E-state index is -4.36. The van der Waals surface area contributed by atoms with Crippen LogP contribution >= 0.6 is 23.2 Å². The summed E-state index contributed by atoms with van der Waals surface area (Å²) in [5.74, 6) is -0.557. The Morgan fingerprint density at radius 1 is 0.830 bits per heavy atom. The number of carbonyl (C=O) groups is 2. The number of nitrogens with zero attached hydrogens (tertiary/aromatic N) is 2. The van der Waals surface area contributed by atoms with E-state index in [0.717, 1.165) is 9.87 Å². The normalized spacial score (nSPS) is 11.9. The van der Waals surface area contributed by atoms with E-state index in [4.69, 9.17) is 32.7 Å². The monoisotopic (exact) mass is 697 g/mol. The van der Waals surface area contributed by atoms with Crippen molar-refractivity contribution in [3.8, 4) is 11.5 Å². The first-order chi connectivity index (χ1) is 22.5. The molecule has 12 heteroatoms. The van der Waals surface area contributed by atoms with Crippen LogP contribution in [0.25, 0.3) is 0 Å². The first kappa shape index (κ1) is 35.6. The van der Waals surface area contributed by atoms with Gasteiger partial charge in [0.1, 0.15) is 24.1 Å². The topological polar surface area (TPSA) is 105 Å². The molecule has 0 radical (unpaired) electrons. The van der Waals surface area contributed by atoms with Crippen LogP contribution in [0, 0.1) is 0 Å². The molecule has 9 nitrogen and oxygen atoms in total. The van der Waals surface area contributed by atoms with Crippen LogP contribution in [0.3, 0.4) is 0 Å². The van der Waals surface area contributed by atoms with Crippen molar-refractivity contribution < 1.29 is 27.5 Å². The van der Waals surface area contributed by atoms with Gasteiger partial charge in [0.2, 0.25) is 11.8 Å². The first-order valence-electron chi connectivity index (χ1n) is 14.8. The summed E-state index contributed by atoms with van der Waals surface area (Å²) in [5, 5.41) is 3.51. The van der Waals surface area contributed by atoms with Crippen LogP contribution in [-0.2, 0) is 32.6 Å². The summed E-state index contributed by atoms with van der Waals surface area (Å²) in [5.41, 5.74) is 1.28. The van der Waals surface area contributed by atoms with Gasteiger partial charge in [-0.2, -0.15) is 0 Å². The van der Waals surface area contributed by atoms with Gasteiger partial charge in [-0.15, -0.1) is 0 Å².